The summed E-state index contributed by atoms with van der Waals surface area (Å²) in [5.41, 5.74) is 2.64. The van der Waals surface area contributed by atoms with Crippen LogP contribution in [0.3, 0.4) is 0 Å². The molecule has 114 valence electrons. The number of likely N-dealkylation sites (N-methyl/N-ethyl adjacent to an activating group) is 1. The predicted octanol–water partition coefficient (Wildman–Crippen LogP) is 4.50. The summed E-state index contributed by atoms with van der Waals surface area (Å²) < 4.78 is 6.21. The molecule has 0 spiro atoms. The predicted molar refractivity (Wildman–Crippen MR) is 90.1 cm³/mol. The van der Waals surface area contributed by atoms with Crippen molar-refractivity contribution in [1.82, 2.24) is 4.90 Å². The van der Waals surface area contributed by atoms with E-state index in [4.69, 9.17) is 4.74 Å². The average Bonchev–Trinajstić information content (AvgIpc) is 2.57. The van der Waals surface area contributed by atoms with Gasteiger partial charge in [0.25, 0.3) is 0 Å². The highest BCUT2D eigenvalue weighted by molar-refractivity contribution is 5.63. The smallest absolute Gasteiger partial charge is 0.126 e. The van der Waals surface area contributed by atoms with Gasteiger partial charge in [0.1, 0.15) is 12.4 Å². The Hall–Kier alpha value is -1.54. The van der Waals surface area contributed by atoms with Crippen molar-refractivity contribution in [3.05, 3.63) is 53.6 Å². The topological polar surface area (TPSA) is 12.5 Å². The van der Waals surface area contributed by atoms with E-state index in [1.807, 2.05) is 0 Å². The van der Waals surface area contributed by atoms with E-state index in [1.165, 1.54) is 11.1 Å². The molecule has 2 rings (SSSR count). The molecule has 0 aliphatic heterocycles. The van der Waals surface area contributed by atoms with Crippen molar-refractivity contribution >= 4 is 5.76 Å². The van der Waals surface area contributed by atoms with Crippen LogP contribution in [0, 0.1) is 0 Å². The lowest BCUT2D eigenvalue weighted by Gasteiger charge is -2.21. The molecule has 0 aromatic heterocycles. The first-order valence-electron chi connectivity index (χ1n) is 8.12. The fraction of sp³-hybridized carbons (Fsp3) is 0.474. The van der Waals surface area contributed by atoms with E-state index >= 15 is 0 Å². The Kier molecular flexibility index (Phi) is 6.55. The Morgan fingerprint density at radius 1 is 1.10 bits per heavy atom. The highest BCUT2D eigenvalue weighted by Gasteiger charge is 2.12. The first-order chi connectivity index (χ1) is 10.3. The van der Waals surface area contributed by atoms with Crippen LogP contribution < -0.4 is 0 Å². The zero-order valence-electron chi connectivity index (χ0n) is 13.3. The molecule has 1 aromatic rings. The standard InChI is InChI=1S/C19H27NO/c1-3-20(4-2)15-16-21-19(17-11-7-5-8-12-17)18-13-9-6-10-14-18/h5-9,11-12H,3-4,10,13-16H2,1-2H3/b19-18-. The molecule has 1 aromatic carbocycles. The maximum absolute atomic E-state index is 6.21. The van der Waals surface area contributed by atoms with Gasteiger partial charge in [0.05, 0.1) is 0 Å². The second-order valence-corrected chi connectivity index (χ2v) is 5.39. The summed E-state index contributed by atoms with van der Waals surface area (Å²) >= 11 is 0. The van der Waals surface area contributed by atoms with Gasteiger partial charge >= 0.3 is 0 Å². The molecule has 0 N–H and O–H groups in total. The van der Waals surface area contributed by atoms with Crippen LogP contribution in [0.25, 0.3) is 5.76 Å². The Morgan fingerprint density at radius 2 is 1.86 bits per heavy atom. The van der Waals surface area contributed by atoms with Gasteiger partial charge in [-0.2, -0.15) is 0 Å². The number of hydrogen-bond donors (Lipinski definition) is 0. The summed E-state index contributed by atoms with van der Waals surface area (Å²) in [6.45, 7) is 8.32. The molecule has 0 fully saturated rings. The number of allylic oxidation sites excluding steroid dienone is 3. The highest BCUT2D eigenvalue weighted by Crippen LogP contribution is 2.28. The molecule has 2 heteroatoms. The average molecular weight is 285 g/mol. The highest BCUT2D eigenvalue weighted by atomic mass is 16.5. The fourth-order valence-corrected chi connectivity index (χ4v) is 2.70. The maximum atomic E-state index is 6.21. The van der Waals surface area contributed by atoms with Crippen molar-refractivity contribution in [2.24, 2.45) is 0 Å². The summed E-state index contributed by atoms with van der Waals surface area (Å²) in [4.78, 5) is 2.40. The van der Waals surface area contributed by atoms with Crippen molar-refractivity contribution in [1.29, 1.82) is 0 Å². The zero-order chi connectivity index (χ0) is 14.9. The molecule has 21 heavy (non-hydrogen) atoms. The minimum absolute atomic E-state index is 0.763. The number of rotatable bonds is 7. The molecule has 0 saturated carbocycles. The lowest BCUT2D eigenvalue weighted by atomic mass is 9.97. The van der Waals surface area contributed by atoms with Gasteiger partial charge < -0.3 is 9.64 Å². The number of ether oxygens (including phenoxy) is 1. The van der Waals surface area contributed by atoms with E-state index < -0.39 is 0 Å². The lowest BCUT2D eigenvalue weighted by molar-refractivity contribution is 0.200. The third kappa shape index (κ3) is 4.75. The van der Waals surface area contributed by atoms with Crippen LogP contribution in [0.1, 0.15) is 38.7 Å². The van der Waals surface area contributed by atoms with Crippen LogP contribution in [0.4, 0.5) is 0 Å². The SMILES string of the molecule is CCN(CC)CCO/C(=C1/CC=CCC1)c1ccccc1. The maximum Gasteiger partial charge on any atom is 0.126 e. The van der Waals surface area contributed by atoms with Crippen LogP contribution in [-0.2, 0) is 4.74 Å². The van der Waals surface area contributed by atoms with E-state index in [0.29, 0.717) is 0 Å². The van der Waals surface area contributed by atoms with Crippen LogP contribution in [0.2, 0.25) is 0 Å². The van der Waals surface area contributed by atoms with Crippen molar-refractivity contribution in [3.8, 4) is 0 Å². The van der Waals surface area contributed by atoms with Crippen LogP contribution in [0.5, 0.6) is 0 Å². The molecule has 1 aliphatic rings. The molecule has 0 unspecified atom stereocenters. The minimum Gasteiger partial charge on any atom is -0.492 e. The van der Waals surface area contributed by atoms with Gasteiger partial charge in [-0.25, -0.2) is 0 Å². The van der Waals surface area contributed by atoms with Gasteiger partial charge in [-0.1, -0.05) is 56.3 Å². The summed E-state index contributed by atoms with van der Waals surface area (Å²) in [5.74, 6) is 1.10. The molecule has 0 saturated heterocycles. The van der Waals surface area contributed by atoms with Crippen LogP contribution >= 0.6 is 0 Å². The third-order valence-electron chi connectivity index (χ3n) is 4.05. The molecular weight excluding hydrogens is 258 g/mol. The summed E-state index contributed by atoms with van der Waals surface area (Å²) in [5, 5.41) is 0. The second-order valence-electron chi connectivity index (χ2n) is 5.39. The molecule has 0 heterocycles. The van der Waals surface area contributed by atoms with Gasteiger partial charge in [0, 0.05) is 12.1 Å². The Balaban J connectivity index is 2.08. The van der Waals surface area contributed by atoms with Crippen molar-refractivity contribution in [2.45, 2.75) is 33.1 Å². The molecule has 2 nitrogen and oxygen atoms in total. The molecular formula is C19H27NO. The van der Waals surface area contributed by atoms with Gasteiger partial charge in [-0.05, 0) is 37.9 Å². The quantitative estimate of drug-likeness (QED) is 0.540. The van der Waals surface area contributed by atoms with E-state index in [-0.39, 0.29) is 0 Å². The molecule has 1 aliphatic carbocycles. The molecule has 0 amide bonds. The van der Waals surface area contributed by atoms with Crippen LogP contribution in [-0.4, -0.2) is 31.1 Å². The number of nitrogens with zero attached hydrogens (tertiary/aromatic N) is 1. The van der Waals surface area contributed by atoms with Crippen molar-refractivity contribution < 1.29 is 4.74 Å². The van der Waals surface area contributed by atoms with Gasteiger partial charge in [0.15, 0.2) is 0 Å². The first-order valence-corrected chi connectivity index (χ1v) is 8.12. The normalized spacial score (nSPS) is 17.1. The van der Waals surface area contributed by atoms with Crippen molar-refractivity contribution in [3.63, 3.8) is 0 Å². The lowest BCUT2D eigenvalue weighted by Crippen LogP contribution is -2.27. The van der Waals surface area contributed by atoms with Gasteiger partial charge in [-0.3, -0.25) is 0 Å². The van der Waals surface area contributed by atoms with Gasteiger partial charge in [-0.15, -0.1) is 0 Å². The van der Waals surface area contributed by atoms with Gasteiger partial charge in [0.2, 0.25) is 0 Å². The Labute approximate surface area is 129 Å². The van der Waals surface area contributed by atoms with E-state index in [2.05, 4.69) is 61.2 Å². The largest absolute Gasteiger partial charge is 0.492 e. The number of hydrogen-bond acceptors (Lipinski definition) is 2. The van der Waals surface area contributed by atoms with E-state index in [9.17, 15) is 0 Å². The third-order valence-corrected chi connectivity index (χ3v) is 4.05. The zero-order valence-corrected chi connectivity index (χ0v) is 13.3. The fourth-order valence-electron chi connectivity index (χ4n) is 2.70. The molecule has 0 atom stereocenters. The summed E-state index contributed by atoms with van der Waals surface area (Å²) in [7, 11) is 0. The van der Waals surface area contributed by atoms with Crippen molar-refractivity contribution in [2.75, 3.05) is 26.2 Å². The number of benzene rings is 1. The summed E-state index contributed by atoms with van der Waals surface area (Å²) in [6, 6.07) is 10.5. The molecule has 0 bridgehead atoms. The Morgan fingerprint density at radius 3 is 2.48 bits per heavy atom. The second kappa shape index (κ2) is 8.68. The van der Waals surface area contributed by atoms with Crippen LogP contribution in [0.15, 0.2) is 48.1 Å². The van der Waals surface area contributed by atoms with E-state index in [0.717, 1.165) is 51.3 Å². The minimum atomic E-state index is 0.763. The molecule has 0 radical (unpaired) electrons. The van der Waals surface area contributed by atoms with E-state index in [1.54, 1.807) is 0 Å². The first kappa shape index (κ1) is 15.8. The monoisotopic (exact) mass is 285 g/mol. The Bertz CT molecular complexity index is 472. The summed E-state index contributed by atoms with van der Waals surface area (Å²) in [6.07, 6.45) is 7.80.